The van der Waals surface area contributed by atoms with Gasteiger partial charge in [0.05, 0.1) is 6.67 Å². The quantitative estimate of drug-likeness (QED) is 0.437. The van der Waals surface area contributed by atoms with Crippen molar-refractivity contribution in [3.8, 4) is 0 Å². The summed E-state index contributed by atoms with van der Waals surface area (Å²) < 4.78 is 0. The summed E-state index contributed by atoms with van der Waals surface area (Å²) in [6.07, 6.45) is 5.93. The number of hydrogen-bond donors (Lipinski definition) is 2. The first kappa shape index (κ1) is 16.8. The Bertz CT molecular complexity index is 486. The Kier molecular flexibility index (Phi) is 6.25. The van der Waals surface area contributed by atoms with Crippen LogP contribution in [-0.4, -0.2) is 29.0 Å². The summed E-state index contributed by atoms with van der Waals surface area (Å²) in [6.45, 7) is 7.07. The van der Waals surface area contributed by atoms with Gasteiger partial charge in [-0.1, -0.05) is 57.4 Å². The molecule has 22 heavy (non-hydrogen) atoms. The molecule has 3 N–H and O–H groups in total. The fraction of sp³-hybridized carbons (Fsp3) is 0.611. The first-order valence-corrected chi connectivity index (χ1v) is 8.58. The SMILES string of the molecule is CCCCCCN(CN1Cc2ccccc2C1CC)C(=N)N. The fourth-order valence-corrected chi connectivity index (χ4v) is 3.37. The Morgan fingerprint density at radius 1 is 1.27 bits per heavy atom. The van der Waals surface area contributed by atoms with Crippen molar-refractivity contribution in [1.82, 2.24) is 9.80 Å². The highest BCUT2D eigenvalue weighted by atomic mass is 15.4. The van der Waals surface area contributed by atoms with Gasteiger partial charge < -0.3 is 10.6 Å². The van der Waals surface area contributed by atoms with Crippen LogP contribution in [-0.2, 0) is 6.54 Å². The van der Waals surface area contributed by atoms with E-state index in [-0.39, 0.29) is 5.96 Å². The van der Waals surface area contributed by atoms with E-state index in [1.807, 2.05) is 4.90 Å². The van der Waals surface area contributed by atoms with E-state index < -0.39 is 0 Å². The Hall–Kier alpha value is -1.55. The maximum absolute atomic E-state index is 7.86. The van der Waals surface area contributed by atoms with Crippen LogP contribution in [0.4, 0.5) is 0 Å². The van der Waals surface area contributed by atoms with Crippen molar-refractivity contribution in [2.45, 2.75) is 58.5 Å². The topological polar surface area (TPSA) is 56.4 Å². The average molecular weight is 302 g/mol. The lowest BCUT2D eigenvalue weighted by Gasteiger charge is -2.31. The van der Waals surface area contributed by atoms with Crippen LogP contribution in [0.15, 0.2) is 24.3 Å². The molecular weight excluding hydrogens is 272 g/mol. The third kappa shape index (κ3) is 4.01. The Morgan fingerprint density at radius 2 is 2.05 bits per heavy atom. The molecule has 0 amide bonds. The second kappa shape index (κ2) is 8.18. The van der Waals surface area contributed by atoms with E-state index in [1.54, 1.807) is 0 Å². The van der Waals surface area contributed by atoms with Crippen LogP contribution in [0.3, 0.4) is 0 Å². The van der Waals surface area contributed by atoms with Gasteiger partial charge in [-0.15, -0.1) is 0 Å². The van der Waals surface area contributed by atoms with Gasteiger partial charge in [0, 0.05) is 19.1 Å². The van der Waals surface area contributed by atoms with Gasteiger partial charge in [0.2, 0.25) is 0 Å². The second-order valence-corrected chi connectivity index (χ2v) is 6.22. The van der Waals surface area contributed by atoms with Gasteiger partial charge in [0.15, 0.2) is 5.96 Å². The predicted molar refractivity (Wildman–Crippen MR) is 92.6 cm³/mol. The lowest BCUT2D eigenvalue weighted by atomic mass is 10.0. The van der Waals surface area contributed by atoms with Gasteiger partial charge in [-0.05, 0) is 24.0 Å². The summed E-state index contributed by atoms with van der Waals surface area (Å²) in [4.78, 5) is 4.47. The molecule has 1 aliphatic heterocycles. The van der Waals surface area contributed by atoms with Gasteiger partial charge in [-0.3, -0.25) is 10.3 Å². The van der Waals surface area contributed by atoms with Crippen molar-refractivity contribution in [2.24, 2.45) is 5.73 Å². The summed E-state index contributed by atoms with van der Waals surface area (Å²) in [5.41, 5.74) is 8.67. The molecule has 4 heteroatoms. The van der Waals surface area contributed by atoms with Crippen LogP contribution in [0, 0.1) is 5.41 Å². The van der Waals surface area contributed by atoms with Crippen LogP contribution >= 0.6 is 0 Å². The van der Waals surface area contributed by atoms with Crippen molar-refractivity contribution in [1.29, 1.82) is 5.41 Å². The smallest absolute Gasteiger partial charge is 0.189 e. The lowest BCUT2D eigenvalue weighted by Crippen LogP contribution is -2.44. The molecule has 0 radical (unpaired) electrons. The largest absolute Gasteiger partial charge is 0.370 e. The first-order chi connectivity index (χ1) is 10.7. The number of nitrogens with zero attached hydrogens (tertiary/aromatic N) is 2. The van der Waals surface area contributed by atoms with Crippen molar-refractivity contribution in [2.75, 3.05) is 13.2 Å². The summed E-state index contributed by atoms with van der Waals surface area (Å²) in [6, 6.07) is 9.15. The van der Waals surface area contributed by atoms with E-state index in [2.05, 4.69) is 43.0 Å². The van der Waals surface area contributed by atoms with Gasteiger partial charge in [-0.25, -0.2) is 0 Å². The molecule has 122 valence electrons. The maximum atomic E-state index is 7.86. The zero-order valence-electron chi connectivity index (χ0n) is 14.0. The van der Waals surface area contributed by atoms with Gasteiger partial charge >= 0.3 is 0 Å². The highest BCUT2D eigenvalue weighted by Crippen LogP contribution is 2.35. The summed E-state index contributed by atoms with van der Waals surface area (Å²) in [5.74, 6) is 0.197. The predicted octanol–water partition coefficient (Wildman–Crippen LogP) is 3.69. The molecule has 0 fully saturated rings. The third-order valence-corrected chi connectivity index (χ3v) is 4.59. The van der Waals surface area contributed by atoms with E-state index in [9.17, 15) is 0 Å². The molecule has 0 bridgehead atoms. The van der Waals surface area contributed by atoms with E-state index in [0.717, 1.165) is 32.6 Å². The Labute approximate surface area is 134 Å². The first-order valence-electron chi connectivity index (χ1n) is 8.58. The Morgan fingerprint density at radius 3 is 2.73 bits per heavy atom. The zero-order chi connectivity index (χ0) is 15.9. The van der Waals surface area contributed by atoms with Crippen molar-refractivity contribution in [3.05, 3.63) is 35.4 Å². The summed E-state index contributed by atoms with van der Waals surface area (Å²) >= 11 is 0. The van der Waals surface area contributed by atoms with Crippen molar-refractivity contribution < 1.29 is 0 Å². The number of benzene rings is 1. The Balaban J connectivity index is 1.97. The molecule has 0 saturated carbocycles. The molecule has 1 unspecified atom stereocenters. The molecular formula is C18H30N4. The molecule has 2 rings (SSSR count). The molecule has 4 nitrogen and oxygen atoms in total. The van der Waals surface area contributed by atoms with Crippen LogP contribution in [0.5, 0.6) is 0 Å². The van der Waals surface area contributed by atoms with E-state index in [1.165, 1.54) is 30.4 Å². The molecule has 1 aromatic rings. The standard InChI is InChI=1S/C18H30N4/c1-3-5-6-9-12-21(18(19)20)14-22-13-15-10-7-8-11-16(15)17(22)4-2/h7-8,10-11,17H,3-6,9,12-14H2,1-2H3,(H3,19,20). The highest BCUT2D eigenvalue weighted by Gasteiger charge is 2.29. The molecule has 1 aromatic carbocycles. The lowest BCUT2D eigenvalue weighted by molar-refractivity contribution is 0.138. The maximum Gasteiger partial charge on any atom is 0.189 e. The average Bonchev–Trinajstić information content (AvgIpc) is 2.87. The number of unbranched alkanes of at least 4 members (excludes halogenated alkanes) is 3. The minimum absolute atomic E-state index is 0.197. The zero-order valence-corrected chi connectivity index (χ0v) is 14.0. The van der Waals surface area contributed by atoms with Gasteiger partial charge in [-0.2, -0.15) is 0 Å². The highest BCUT2D eigenvalue weighted by molar-refractivity contribution is 5.74. The van der Waals surface area contributed by atoms with Crippen LogP contribution in [0.2, 0.25) is 0 Å². The van der Waals surface area contributed by atoms with Crippen LogP contribution < -0.4 is 5.73 Å². The van der Waals surface area contributed by atoms with E-state index >= 15 is 0 Å². The molecule has 0 aliphatic carbocycles. The van der Waals surface area contributed by atoms with Crippen molar-refractivity contribution >= 4 is 5.96 Å². The van der Waals surface area contributed by atoms with Crippen molar-refractivity contribution in [3.63, 3.8) is 0 Å². The minimum Gasteiger partial charge on any atom is -0.370 e. The van der Waals surface area contributed by atoms with Gasteiger partial charge in [0.1, 0.15) is 0 Å². The van der Waals surface area contributed by atoms with E-state index in [4.69, 9.17) is 11.1 Å². The number of guanidine groups is 1. The number of fused-ring (bicyclic) bond motifs is 1. The molecule has 0 aromatic heterocycles. The van der Waals surface area contributed by atoms with Crippen LogP contribution in [0.25, 0.3) is 0 Å². The normalized spacial score (nSPS) is 17.5. The molecule has 1 heterocycles. The molecule has 0 saturated heterocycles. The van der Waals surface area contributed by atoms with Gasteiger partial charge in [0.25, 0.3) is 0 Å². The number of rotatable bonds is 8. The fourth-order valence-electron chi connectivity index (χ4n) is 3.37. The van der Waals surface area contributed by atoms with Crippen LogP contribution in [0.1, 0.15) is 63.1 Å². The number of nitrogens with two attached hydrogens (primary N) is 1. The summed E-state index contributed by atoms with van der Waals surface area (Å²) in [7, 11) is 0. The summed E-state index contributed by atoms with van der Waals surface area (Å²) in [5, 5.41) is 7.86. The monoisotopic (exact) mass is 302 g/mol. The van der Waals surface area contributed by atoms with E-state index in [0.29, 0.717) is 6.04 Å². The minimum atomic E-state index is 0.197. The molecule has 1 atom stereocenters. The molecule has 0 spiro atoms. The second-order valence-electron chi connectivity index (χ2n) is 6.22. The number of hydrogen-bond acceptors (Lipinski definition) is 2. The molecule has 1 aliphatic rings. The third-order valence-electron chi connectivity index (χ3n) is 4.59. The number of nitrogens with one attached hydrogen (secondary N) is 1.